The van der Waals surface area contributed by atoms with Gasteiger partial charge in [-0.3, -0.25) is 4.79 Å². The predicted octanol–water partition coefficient (Wildman–Crippen LogP) is -0.0563. The van der Waals surface area contributed by atoms with Gasteiger partial charge in [0, 0.05) is 14.1 Å². The average molecular weight is 271 g/mol. The molecule has 0 saturated heterocycles. The monoisotopic (exact) mass is 271 g/mol. The molecule has 0 fully saturated rings. The van der Waals surface area contributed by atoms with Gasteiger partial charge < -0.3 is 10.6 Å². The first-order valence-corrected chi connectivity index (χ1v) is 6.79. The van der Waals surface area contributed by atoms with Crippen LogP contribution in [0.25, 0.3) is 0 Å². The molecule has 0 aromatic heterocycles. The molecule has 7 heteroatoms. The summed E-state index contributed by atoms with van der Waals surface area (Å²) < 4.78 is 26.3. The van der Waals surface area contributed by atoms with E-state index in [1.54, 1.807) is 33.2 Å². The molecule has 1 amide bonds. The molecular formula is C11H17N3O3S. The number of amides is 1. The van der Waals surface area contributed by atoms with Crippen molar-refractivity contribution in [2.75, 3.05) is 26.4 Å². The quantitative estimate of drug-likeness (QED) is 0.751. The summed E-state index contributed by atoms with van der Waals surface area (Å²) in [5.41, 5.74) is 6.37. The number of nitrogen functional groups attached to an aromatic ring is 1. The molecule has 1 rings (SSSR count). The Kier molecular flexibility index (Phi) is 4.31. The zero-order valence-corrected chi connectivity index (χ0v) is 11.4. The maximum atomic E-state index is 12.0. The maximum absolute atomic E-state index is 12.0. The van der Waals surface area contributed by atoms with Gasteiger partial charge in [0.05, 0.1) is 12.2 Å². The lowest BCUT2D eigenvalue weighted by molar-refractivity contribution is -0.127. The van der Waals surface area contributed by atoms with Crippen molar-refractivity contribution in [2.24, 2.45) is 0 Å². The lowest BCUT2D eigenvalue weighted by Gasteiger charge is -2.13. The highest BCUT2D eigenvalue weighted by Crippen LogP contribution is 2.21. The van der Waals surface area contributed by atoms with Crippen molar-refractivity contribution < 1.29 is 13.2 Å². The van der Waals surface area contributed by atoms with Crippen LogP contribution in [-0.2, 0) is 14.8 Å². The predicted molar refractivity (Wildman–Crippen MR) is 69.5 cm³/mol. The van der Waals surface area contributed by atoms with Crippen LogP contribution in [0.4, 0.5) is 5.69 Å². The minimum absolute atomic E-state index is 0.0246. The Hall–Kier alpha value is -1.60. The average Bonchev–Trinajstić information content (AvgIpc) is 2.25. The van der Waals surface area contributed by atoms with Gasteiger partial charge in [-0.15, -0.1) is 0 Å². The first kappa shape index (κ1) is 14.5. The molecule has 6 nitrogen and oxygen atoms in total. The summed E-state index contributed by atoms with van der Waals surface area (Å²) in [6.45, 7) is 1.36. The van der Waals surface area contributed by atoms with Gasteiger partial charge in [0.1, 0.15) is 4.90 Å². The van der Waals surface area contributed by atoms with E-state index < -0.39 is 10.0 Å². The number of likely N-dealkylation sites (N-methyl/N-ethyl adjacent to an activating group) is 1. The number of aryl methyl sites for hydroxylation is 1. The van der Waals surface area contributed by atoms with Crippen LogP contribution >= 0.6 is 0 Å². The molecule has 0 unspecified atom stereocenters. The number of benzene rings is 1. The number of rotatable bonds is 4. The van der Waals surface area contributed by atoms with Crippen molar-refractivity contribution in [3.05, 3.63) is 23.8 Å². The van der Waals surface area contributed by atoms with E-state index in [2.05, 4.69) is 4.72 Å². The van der Waals surface area contributed by atoms with Crippen LogP contribution < -0.4 is 10.5 Å². The second kappa shape index (κ2) is 5.36. The number of nitrogens with one attached hydrogen (secondary N) is 1. The van der Waals surface area contributed by atoms with Crippen molar-refractivity contribution in [1.29, 1.82) is 0 Å². The molecule has 0 saturated carbocycles. The highest BCUT2D eigenvalue weighted by molar-refractivity contribution is 7.89. The Morgan fingerprint density at radius 3 is 2.50 bits per heavy atom. The normalized spacial score (nSPS) is 11.3. The summed E-state index contributed by atoms with van der Waals surface area (Å²) in [7, 11) is -0.664. The SMILES string of the molecule is Cc1cccc(N)c1S(=O)(=O)NCC(=O)N(C)C. The molecule has 1 aromatic carbocycles. The first-order chi connectivity index (χ1) is 8.25. The topological polar surface area (TPSA) is 92.5 Å². The van der Waals surface area contributed by atoms with E-state index in [0.717, 1.165) is 0 Å². The molecule has 0 spiro atoms. The molecule has 18 heavy (non-hydrogen) atoms. The van der Waals surface area contributed by atoms with Crippen molar-refractivity contribution >= 4 is 21.6 Å². The van der Waals surface area contributed by atoms with Crippen molar-refractivity contribution in [3.8, 4) is 0 Å². The Morgan fingerprint density at radius 2 is 2.00 bits per heavy atom. The second-order valence-corrected chi connectivity index (χ2v) is 5.81. The molecule has 1 aromatic rings. The number of carbonyl (C=O) groups excluding carboxylic acids is 1. The van der Waals surface area contributed by atoms with E-state index in [4.69, 9.17) is 5.73 Å². The van der Waals surface area contributed by atoms with Crippen LogP contribution in [0.3, 0.4) is 0 Å². The molecule has 0 atom stereocenters. The fourth-order valence-electron chi connectivity index (χ4n) is 1.43. The summed E-state index contributed by atoms with van der Waals surface area (Å²) in [5.74, 6) is -0.328. The molecule has 0 radical (unpaired) electrons. The van der Waals surface area contributed by atoms with Crippen molar-refractivity contribution in [2.45, 2.75) is 11.8 Å². The van der Waals surface area contributed by atoms with Crippen molar-refractivity contribution in [3.63, 3.8) is 0 Å². The van der Waals surface area contributed by atoms with Gasteiger partial charge in [-0.25, -0.2) is 13.1 Å². The Morgan fingerprint density at radius 1 is 1.39 bits per heavy atom. The van der Waals surface area contributed by atoms with Gasteiger partial charge in [0.15, 0.2) is 0 Å². The third-order valence-corrected chi connectivity index (χ3v) is 4.04. The van der Waals surface area contributed by atoms with Crippen LogP contribution in [0.1, 0.15) is 5.56 Å². The van der Waals surface area contributed by atoms with Gasteiger partial charge in [-0.2, -0.15) is 0 Å². The molecule has 0 aliphatic rings. The fourth-order valence-corrected chi connectivity index (χ4v) is 2.76. The second-order valence-electron chi connectivity index (χ2n) is 4.11. The van der Waals surface area contributed by atoms with Gasteiger partial charge in [-0.05, 0) is 18.6 Å². The van der Waals surface area contributed by atoms with E-state index >= 15 is 0 Å². The van der Waals surface area contributed by atoms with Crippen LogP contribution in [0.15, 0.2) is 23.1 Å². The summed E-state index contributed by atoms with van der Waals surface area (Å²) in [4.78, 5) is 12.7. The van der Waals surface area contributed by atoms with Gasteiger partial charge >= 0.3 is 0 Å². The van der Waals surface area contributed by atoms with Crippen LogP contribution in [0.2, 0.25) is 0 Å². The largest absolute Gasteiger partial charge is 0.398 e. The molecule has 3 N–H and O–H groups in total. The first-order valence-electron chi connectivity index (χ1n) is 5.30. The number of anilines is 1. The Labute approximate surface area is 107 Å². The standard InChI is InChI=1S/C11H17N3O3S/c1-8-5-4-6-9(12)11(8)18(16,17)13-7-10(15)14(2)3/h4-6,13H,7,12H2,1-3H3. The number of hydrogen-bond acceptors (Lipinski definition) is 4. The van der Waals surface area contributed by atoms with E-state index in [9.17, 15) is 13.2 Å². The minimum atomic E-state index is -3.77. The number of nitrogens with zero attached hydrogens (tertiary/aromatic N) is 1. The van der Waals surface area contributed by atoms with Crippen LogP contribution in [0, 0.1) is 6.92 Å². The molecule has 0 bridgehead atoms. The fraction of sp³-hybridized carbons (Fsp3) is 0.364. The number of nitrogens with two attached hydrogens (primary N) is 1. The summed E-state index contributed by atoms with van der Waals surface area (Å²) >= 11 is 0. The molecule has 0 aliphatic carbocycles. The summed E-state index contributed by atoms with van der Waals surface area (Å²) in [6, 6.07) is 4.84. The van der Waals surface area contributed by atoms with Crippen LogP contribution in [0.5, 0.6) is 0 Å². The van der Waals surface area contributed by atoms with Crippen LogP contribution in [-0.4, -0.2) is 39.9 Å². The smallest absolute Gasteiger partial charge is 0.243 e. The number of sulfonamides is 1. The van der Waals surface area contributed by atoms with Gasteiger partial charge in [0.2, 0.25) is 15.9 Å². The number of hydrogen-bond donors (Lipinski definition) is 2. The van der Waals surface area contributed by atoms with Gasteiger partial charge in [0.25, 0.3) is 0 Å². The minimum Gasteiger partial charge on any atom is -0.398 e. The molecule has 0 heterocycles. The van der Waals surface area contributed by atoms with E-state index in [-0.39, 0.29) is 23.0 Å². The van der Waals surface area contributed by atoms with Crippen molar-refractivity contribution in [1.82, 2.24) is 9.62 Å². The molecular weight excluding hydrogens is 254 g/mol. The van der Waals surface area contributed by atoms with E-state index in [0.29, 0.717) is 5.56 Å². The molecule has 100 valence electrons. The van der Waals surface area contributed by atoms with Gasteiger partial charge in [-0.1, -0.05) is 12.1 Å². The Balaban J connectivity index is 2.98. The highest BCUT2D eigenvalue weighted by atomic mass is 32.2. The zero-order chi connectivity index (χ0) is 13.9. The zero-order valence-electron chi connectivity index (χ0n) is 10.6. The highest BCUT2D eigenvalue weighted by Gasteiger charge is 2.20. The lowest BCUT2D eigenvalue weighted by Crippen LogP contribution is -2.36. The summed E-state index contributed by atoms with van der Waals surface area (Å²) in [6.07, 6.45) is 0. The Bertz CT molecular complexity index is 532. The maximum Gasteiger partial charge on any atom is 0.243 e. The number of carbonyl (C=O) groups is 1. The third kappa shape index (κ3) is 3.21. The third-order valence-electron chi connectivity index (χ3n) is 2.42. The van der Waals surface area contributed by atoms with E-state index in [1.807, 2.05) is 0 Å². The molecule has 0 aliphatic heterocycles. The lowest BCUT2D eigenvalue weighted by atomic mass is 10.2. The summed E-state index contributed by atoms with van der Waals surface area (Å²) in [5, 5.41) is 0. The van der Waals surface area contributed by atoms with E-state index in [1.165, 1.54) is 11.0 Å².